The second-order valence-corrected chi connectivity index (χ2v) is 14.6. The van der Waals surface area contributed by atoms with Crippen LogP contribution in [0.4, 0.5) is 5.69 Å². The molecule has 42 heavy (non-hydrogen) atoms. The Morgan fingerprint density at radius 3 is 2.02 bits per heavy atom. The Kier molecular flexibility index (Phi) is 11.4. The van der Waals surface area contributed by atoms with Crippen LogP contribution in [-0.2, 0) is 38.0 Å². The first kappa shape index (κ1) is 33.3. The third-order valence-corrected chi connectivity index (χ3v) is 8.91. The van der Waals surface area contributed by atoms with E-state index in [2.05, 4.69) is 42.0 Å². The van der Waals surface area contributed by atoms with Gasteiger partial charge in [-0.15, -0.1) is 0 Å². The van der Waals surface area contributed by atoms with Crippen molar-refractivity contribution < 1.29 is 18.0 Å². The van der Waals surface area contributed by atoms with Crippen LogP contribution in [-0.4, -0.2) is 50.0 Å². The van der Waals surface area contributed by atoms with E-state index in [1.54, 1.807) is 12.1 Å². The highest BCUT2D eigenvalue weighted by atomic mass is 79.9. The van der Waals surface area contributed by atoms with E-state index in [0.717, 1.165) is 38.1 Å². The molecule has 0 aliphatic rings. The molecule has 7 nitrogen and oxygen atoms in total. The molecule has 1 N–H and O–H groups in total. The average molecular weight is 657 g/mol. The zero-order valence-electron chi connectivity index (χ0n) is 25.3. The molecule has 9 heteroatoms. The van der Waals surface area contributed by atoms with Crippen LogP contribution in [0.2, 0.25) is 0 Å². The third-order valence-electron chi connectivity index (χ3n) is 7.24. The van der Waals surface area contributed by atoms with E-state index < -0.39 is 28.5 Å². The number of sulfonamides is 1. The molecule has 3 aromatic carbocycles. The Morgan fingerprint density at radius 2 is 1.50 bits per heavy atom. The standard InChI is InChI=1S/C33H42BrN3O4S/c1-7-24(2)35-32(39)30(21-25-11-9-8-10-12-25)36(22-26-13-17-28(34)18-14-26)31(38)23-37(42(6,40)41)29-19-15-27(16-20-29)33(3,4)5/h8-20,24,30H,7,21-23H2,1-6H3,(H,35,39)/t24-,30+/m1/s1. The molecule has 2 atom stereocenters. The van der Waals surface area contributed by atoms with Gasteiger partial charge >= 0.3 is 0 Å². The van der Waals surface area contributed by atoms with Gasteiger partial charge < -0.3 is 10.2 Å². The summed E-state index contributed by atoms with van der Waals surface area (Å²) in [6, 6.07) is 23.3. The van der Waals surface area contributed by atoms with Crippen LogP contribution in [0.25, 0.3) is 0 Å². The van der Waals surface area contributed by atoms with Crippen LogP contribution in [0.15, 0.2) is 83.3 Å². The molecule has 2 amide bonds. The average Bonchev–Trinajstić information content (AvgIpc) is 2.94. The summed E-state index contributed by atoms with van der Waals surface area (Å²) in [4.78, 5) is 29.4. The number of anilines is 1. The second-order valence-electron chi connectivity index (χ2n) is 11.7. The molecule has 0 bridgehead atoms. The molecule has 0 saturated carbocycles. The summed E-state index contributed by atoms with van der Waals surface area (Å²) < 4.78 is 28.0. The number of nitrogens with zero attached hydrogens (tertiary/aromatic N) is 2. The van der Waals surface area contributed by atoms with Crippen molar-refractivity contribution in [1.82, 2.24) is 10.2 Å². The van der Waals surface area contributed by atoms with E-state index in [1.165, 1.54) is 4.90 Å². The highest BCUT2D eigenvalue weighted by molar-refractivity contribution is 9.10. The minimum Gasteiger partial charge on any atom is -0.352 e. The molecular weight excluding hydrogens is 614 g/mol. The number of carbonyl (C=O) groups excluding carboxylic acids is 2. The van der Waals surface area contributed by atoms with Gasteiger partial charge in [0.05, 0.1) is 11.9 Å². The topological polar surface area (TPSA) is 86.8 Å². The van der Waals surface area contributed by atoms with Crippen molar-refractivity contribution in [2.45, 2.75) is 71.5 Å². The van der Waals surface area contributed by atoms with Gasteiger partial charge in [-0.3, -0.25) is 13.9 Å². The van der Waals surface area contributed by atoms with Gasteiger partial charge in [0.2, 0.25) is 21.8 Å². The summed E-state index contributed by atoms with van der Waals surface area (Å²) in [5.41, 5.74) is 3.05. The molecular formula is C33H42BrN3O4S. The molecule has 0 heterocycles. The molecule has 0 spiro atoms. The summed E-state index contributed by atoms with van der Waals surface area (Å²) in [5, 5.41) is 3.04. The molecule has 0 aromatic heterocycles. The van der Waals surface area contributed by atoms with E-state index in [9.17, 15) is 18.0 Å². The Labute approximate surface area is 259 Å². The van der Waals surface area contributed by atoms with Crippen molar-refractivity contribution in [3.63, 3.8) is 0 Å². The van der Waals surface area contributed by atoms with Gasteiger partial charge in [0, 0.05) is 23.5 Å². The number of nitrogens with one attached hydrogen (secondary N) is 1. The van der Waals surface area contributed by atoms with Crippen LogP contribution < -0.4 is 9.62 Å². The maximum absolute atomic E-state index is 14.2. The Hall–Kier alpha value is -3.17. The van der Waals surface area contributed by atoms with Gasteiger partial charge in [-0.2, -0.15) is 0 Å². The van der Waals surface area contributed by atoms with Crippen molar-refractivity contribution >= 4 is 43.5 Å². The van der Waals surface area contributed by atoms with Crippen molar-refractivity contribution in [2.75, 3.05) is 17.1 Å². The lowest BCUT2D eigenvalue weighted by atomic mass is 9.87. The molecule has 0 aliphatic heterocycles. The van der Waals surface area contributed by atoms with E-state index in [1.807, 2.05) is 80.6 Å². The Morgan fingerprint density at radius 1 is 0.905 bits per heavy atom. The first-order valence-electron chi connectivity index (χ1n) is 14.2. The largest absolute Gasteiger partial charge is 0.352 e. The van der Waals surface area contributed by atoms with Crippen LogP contribution in [0.5, 0.6) is 0 Å². The molecule has 0 radical (unpaired) electrons. The van der Waals surface area contributed by atoms with E-state index in [4.69, 9.17) is 0 Å². The lowest BCUT2D eigenvalue weighted by Crippen LogP contribution is -2.54. The Balaban J connectivity index is 2.05. The summed E-state index contributed by atoms with van der Waals surface area (Å²) in [6.45, 7) is 9.84. The van der Waals surface area contributed by atoms with Crippen LogP contribution >= 0.6 is 15.9 Å². The minimum atomic E-state index is -3.82. The van der Waals surface area contributed by atoms with E-state index in [0.29, 0.717) is 5.69 Å². The Bertz CT molecular complexity index is 1440. The fourth-order valence-corrected chi connectivity index (χ4v) is 5.64. The highest BCUT2D eigenvalue weighted by Crippen LogP contribution is 2.26. The quantitative estimate of drug-likeness (QED) is 0.257. The summed E-state index contributed by atoms with van der Waals surface area (Å²) in [6.07, 6.45) is 2.11. The monoisotopic (exact) mass is 655 g/mol. The number of carbonyl (C=O) groups is 2. The lowest BCUT2D eigenvalue weighted by molar-refractivity contribution is -0.140. The van der Waals surface area contributed by atoms with Crippen molar-refractivity contribution in [1.29, 1.82) is 0 Å². The number of benzene rings is 3. The van der Waals surface area contributed by atoms with Crippen molar-refractivity contribution in [2.24, 2.45) is 0 Å². The SMILES string of the molecule is CC[C@@H](C)NC(=O)[C@H](Cc1ccccc1)N(Cc1ccc(Br)cc1)C(=O)CN(c1ccc(C(C)(C)C)cc1)S(C)(=O)=O. The van der Waals surface area contributed by atoms with Gasteiger partial charge in [0.25, 0.3) is 0 Å². The molecule has 0 fully saturated rings. The normalized spacial score (nSPS) is 13.2. The molecule has 0 saturated heterocycles. The predicted molar refractivity (Wildman–Crippen MR) is 174 cm³/mol. The van der Waals surface area contributed by atoms with Gasteiger partial charge in [0.1, 0.15) is 12.6 Å². The minimum absolute atomic E-state index is 0.0887. The maximum Gasteiger partial charge on any atom is 0.244 e. The van der Waals surface area contributed by atoms with Crippen molar-refractivity contribution in [3.8, 4) is 0 Å². The fourth-order valence-electron chi connectivity index (χ4n) is 4.52. The maximum atomic E-state index is 14.2. The zero-order chi connectivity index (χ0) is 31.1. The van der Waals surface area contributed by atoms with Gasteiger partial charge in [0.15, 0.2) is 0 Å². The van der Waals surface area contributed by atoms with Gasteiger partial charge in [-0.25, -0.2) is 8.42 Å². The van der Waals surface area contributed by atoms with E-state index in [-0.39, 0.29) is 30.3 Å². The van der Waals surface area contributed by atoms with Crippen LogP contribution in [0, 0.1) is 0 Å². The molecule has 3 rings (SSSR count). The van der Waals surface area contributed by atoms with Crippen LogP contribution in [0.1, 0.15) is 57.7 Å². The summed E-state index contributed by atoms with van der Waals surface area (Å²) >= 11 is 3.45. The van der Waals surface area contributed by atoms with Gasteiger partial charge in [-0.05, 0) is 59.7 Å². The number of hydrogen-bond donors (Lipinski definition) is 1. The number of hydrogen-bond acceptors (Lipinski definition) is 4. The molecule has 3 aromatic rings. The van der Waals surface area contributed by atoms with Gasteiger partial charge in [-0.1, -0.05) is 98.2 Å². The van der Waals surface area contributed by atoms with Crippen LogP contribution in [0.3, 0.4) is 0 Å². The number of rotatable bonds is 12. The molecule has 0 aliphatic carbocycles. The zero-order valence-corrected chi connectivity index (χ0v) is 27.7. The predicted octanol–water partition coefficient (Wildman–Crippen LogP) is 6.07. The first-order valence-corrected chi connectivity index (χ1v) is 16.8. The first-order chi connectivity index (χ1) is 19.7. The molecule has 0 unspecified atom stereocenters. The molecule has 226 valence electrons. The smallest absolute Gasteiger partial charge is 0.244 e. The third kappa shape index (κ3) is 9.42. The highest BCUT2D eigenvalue weighted by Gasteiger charge is 2.33. The van der Waals surface area contributed by atoms with Crippen molar-refractivity contribution in [3.05, 3.63) is 100 Å². The number of amides is 2. The second kappa shape index (κ2) is 14.3. The lowest BCUT2D eigenvalue weighted by Gasteiger charge is -2.34. The summed E-state index contributed by atoms with van der Waals surface area (Å²) in [5.74, 6) is -0.748. The van der Waals surface area contributed by atoms with E-state index >= 15 is 0 Å². The summed E-state index contributed by atoms with van der Waals surface area (Å²) in [7, 11) is -3.82. The fraction of sp³-hybridized carbons (Fsp3) is 0.394. The number of halogens is 1.